The predicted molar refractivity (Wildman–Crippen MR) is 110 cm³/mol. The van der Waals surface area contributed by atoms with Gasteiger partial charge < -0.3 is 42.7 Å². The van der Waals surface area contributed by atoms with Gasteiger partial charge >= 0.3 is 5.97 Å². The number of hydrogen-bond donors (Lipinski definition) is 8. The zero-order valence-corrected chi connectivity index (χ0v) is 17.3. The van der Waals surface area contributed by atoms with Crippen LogP contribution < -0.4 is 27.4 Å². The van der Waals surface area contributed by atoms with Crippen LogP contribution in [0.25, 0.3) is 0 Å². The summed E-state index contributed by atoms with van der Waals surface area (Å²) in [6, 6.07) is 0.298. The molecule has 0 radical (unpaired) electrons. The number of carbonyl (C=O) groups is 5. The fraction of sp³-hybridized carbons (Fsp3) is 0.421. The van der Waals surface area contributed by atoms with Gasteiger partial charge in [-0.1, -0.05) is 12.1 Å². The van der Waals surface area contributed by atoms with E-state index in [1.165, 1.54) is 31.2 Å². The number of aliphatic hydroxyl groups is 1. The van der Waals surface area contributed by atoms with Crippen molar-refractivity contribution in [2.45, 2.75) is 43.9 Å². The molecule has 32 heavy (non-hydrogen) atoms. The molecule has 1 aromatic rings. The molecule has 10 N–H and O–H groups in total. The first-order valence-corrected chi connectivity index (χ1v) is 9.51. The number of hydrogen-bond acceptors (Lipinski definition) is 8. The largest absolute Gasteiger partial charge is 0.508 e. The smallest absolute Gasteiger partial charge is 0.326 e. The van der Waals surface area contributed by atoms with E-state index in [1.54, 1.807) is 0 Å². The highest BCUT2D eigenvalue weighted by atomic mass is 16.4. The number of carboxylic acid groups (broad SMARTS) is 1. The molecule has 176 valence electrons. The van der Waals surface area contributed by atoms with Crippen molar-refractivity contribution in [2.75, 3.05) is 6.61 Å². The minimum atomic E-state index is -1.51. The second-order valence-corrected chi connectivity index (χ2v) is 7.02. The summed E-state index contributed by atoms with van der Waals surface area (Å²) < 4.78 is 0. The van der Waals surface area contributed by atoms with Crippen LogP contribution in [0.5, 0.6) is 5.75 Å². The number of rotatable bonds is 12. The molecule has 0 aliphatic rings. The van der Waals surface area contributed by atoms with E-state index in [9.17, 15) is 34.2 Å². The lowest BCUT2D eigenvalue weighted by Crippen LogP contribution is -2.57. The van der Waals surface area contributed by atoms with E-state index in [0.717, 1.165) is 0 Å². The maximum atomic E-state index is 12.6. The van der Waals surface area contributed by atoms with Crippen molar-refractivity contribution in [1.82, 2.24) is 16.0 Å². The number of nitrogens with one attached hydrogen (secondary N) is 3. The molecule has 0 aromatic heterocycles. The Balaban J connectivity index is 2.87. The summed E-state index contributed by atoms with van der Waals surface area (Å²) >= 11 is 0. The Kier molecular flexibility index (Phi) is 10.1. The maximum Gasteiger partial charge on any atom is 0.326 e. The number of aliphatic hydroxyl groups excluding tert-OH is 1. The number of phenolic OH excluding ortho intramolecular Hbond substituents is 1. The highest BCUT2D eigenvalue weighted by Gasteiger charge is 2.30. The van der Waals surface area contributed by atoms with Crippen molar-refractivity contribution in [2.24, 2.45) is 11.5 Å². The number of primary amides is 1. The quantitative estimate of drug-likeness (QED) is 0.158. The van der Waals surface area contributed by atoms with Crippen LogP contribution in [0.1, 0.15) is 18.9 Å². The third-order valence-corrected chi connectivity index (χ3v) is 4.31. The molecule has 4 unspecified atom stereocenters. The monoisotopic (exact) mass is 453 g/mol. The summed E-state index contributed by atoms with van der Waals surface area (Å²) in [5.41, 5.74) is 11.0. The van der Waals surface area contributed by atoms with Crippen LogP contribution in [0.2, 0.25) is 0 Å². The molecule has 13 nitrogen and oxygen atoms in total. The molecule has 0 bridgehead atoms. The van der Waals surface area contributed by atoms with Gasteiger partial charge in [-0.3, -0.25) is 19.2 Å². The first-order chi connectivity index (χ1) is 14.9. The molecule has 0 aliphatic heterocycles. The van der Waals surface area contributed by atoms with Gasteiger partial charge in [-0.2, -0.15) is 0 Å². The Labute approximate surface area is 183 Å². The highest BCUT2D eigenvalue weighted by Crippen LogP contribution is 2.11. The van der Waals surface area contributed by atoms with E-state index in [1.807, 2.05) is 0 Å². The molecule has 4 amide bonds. The average molecular weight is 453 g/mol. The number of nitrogens with two attached hydrogens (primary N) is 2. The van der Waals surface area contributed by atoms with Gasteiger partial charge in [0.15, 0.2) is 0 Å². The summed E-state index contributed by atoms with van der Waals surface area (Å²) in [6.07, 6.45) is -0.760. The summed E-state index contributed by atoms with van der Waals surface area (Å²) in [7, 11) is 0. The number of phenols is 1. The molecule has 0 fully saturated rings. The van der Waals surface area contributed by atoms with E-state index in [4.69, 9.17) is 16.6 Å². The van der Waals surface area contributed by atoms with Crippen molar-refractivity contribution >= 4 is 29.6 Å². The number of amides is 4. The second kappa shape index (κ2) is 12.2. The van der Waals surface area contributed by atoms with Gasteiger partial charge in [-0.25, -0.2) is 4.79 Å². The van der Waals surface area contributed by atoms with Crippen molar-refractivity contribution in [3.8, 4) is 5.75 Å². The van der Waals surface area contributed by atoms with Crippen LogP contribution in [-0.2, 0) is 30.4 Å². The minimum absolute atomic E-state index is 0.0185. The number of carbonyl (C=O) groups excluding carboxylic acids is 4. The molecule has 4 atom stereocenters. The Morgan fingerprint density at radius 2 is 1.50 bits per heavy atom. The Morgan fingerprint density at radius 3 is 2.00 bits per heavy atom. The Morgan fingerprint density at radius 1 is 0.938 bits per heavy atom. The summed E-state index contributed by atoms with van der Waals surface area (Å²) in [6.45, 7) is 0.631. The average Bonchev–Trinajstić information content (AvgIpc) is 2.72. The normalized spacial score (nSPS) is 14.3. The highest BCUT2D eigenvalue weighted by molar-refractivity contribution is 5.96. The lowest BCUT2D eigenvalue weighted by atomic mass is 10.0. The van der Waals surface area contributed by atoms with E-state index in [0.29, 0.717) is 5.56 Å². The first-order valence-electron chi connectivity index (χ1n) is 9.51. The minimum Gasteiger partial charge on any atom is -0.508 e. The summed E-state index contributed by atoms with van der Waals surface area (Å²) in [5.74, 6) is -4.98. The molecule has 0 spiro atoms. The number of aromatic hydroxyl groups is 1. The van der Waals surface area contributed by atoms with Crippen LogP contribution in [-0.4, -0.2) is 75.7 Å². The Bertz CT molecular complexity index is 845. The molecular formula is C19H27N5O8. The molecule has 13 heteroatoms. The fourth-order valence-electron chi connectivity index (χ4n) is 2.52. The van der Waals surface area contributed by atoms with Crippen LogP contribution in [0.3, 0.4) is 0 Å². The molecule has 0 saturated carbocycles. The van der Waals surface area contributed by atoms with Crippen molar-refractivity contribution in [1.29, 1.82) is 0 Å². The van der Waals surface area contributed by atoms with Gasteiger partial charge in [0.05, 0.1) is 13.0 Å². The maximum absolute atomic E-state index is 12.6. The van der Waals surface area contributed by atoms with E-state index < -0.39 is 66.8 Å². The number of carboxylic acids is 1. The van der Waals surface area contributed by atoms with Gasteiger partial charge in [-0.15, -0.1) is 0 Å². The Hall–Kier alpha value is -3.71. The molecule has 0 aliphatic carbocycles. The van der Waals surface area contributed by atoms with Crippen LogP contribution in [0, 0.1) is 0 Å². The fourth-order valence-corrected chi connectivity index (χ4v) is 2.52. The van der Waals surface area contributed by atoms with Crippen molar-refractivity contribution in [3.05, 3.63) is 29.8 Å². The number of benzene rings is 1. The van der Waals surface area contributed by atoms with Gasteiger partial charge in [0, 0.05) is 6.42 Å². The van der Waals surface area contributed by atoms with Gasteiger partial charge in [0.2, 0.25) is 23.6 Å². The third-order valence-electron chi connectivity index (χ3n) is 4.31. The van der Waals surface area contributed by atoms with Crippen molar-refractivity contribution < 1.29 is 39.3 Å². The number of aliphatic carboxylic acids is 1. The second-order valence-electron chi connectivity index (χ2n) is 7.02. The predicted octanol–water partition coefficient (Wildman–Crippen LogP) is -3.31. The standard InChI is InChI=1S/C19H27N5O8/c1-9(22-17(29)12(20)8-25)16(28)23-13(7-15(21)27)18(30)24-14(19(31)32)6-10-2-4-11(26)5-3-10/h2-5,9,12-14,25-26H,6-8,20H2,1H3,(H2,21,27)(H,22,29)(H,23,28)(H,24,30)(H,31,32). The van der Waals surface area contributed by atoms with Crippen LogP contribution in [0.4, 0.5) is 0 Å². The van der Waals surface area contributed by atoms with Crippen LogP contribution >= 0.6 is 0 Å². The molecule has 1 rings (SSSR count). The molecule has 0 heterocycles. The van der Waals surface area contributed by atoms with Gasteiger partial charge in [-0.05, 0) is 24.6 Å². The topological polar surface area (TPSA) is 234 Å². The summed E-state index contributed by atoms with van der Waals surface area (Å²) in [5, 5.41) is 34.3. The lowest BCUT2D eigenvalue weighted by molar-refractivity contribution is -0.142. The van der Waals surface area contributed by atoms with E-state index in [2.05, 4.69) is 16.0 Å². The van der Waals surface area contributed by atoms with E-state index in [-0.39, 0.29) is 12.2 Å². The van der Waals surface area contributed by atoms with E-state index >= 15 is 0 Å². The first kappa shape index (κ1) is 26.3. The SMILES string of the molecule is CC(NC(=O)C(N)CO)C(=O)NC(CC(N)=O)C(=O)NC(Cc1ccc(O)cc1)C(=O)O. The van der Waals surface area contributed by atoms with Crippen LogP contribution in [0.15, 0.2) is 24.3 Å². The zero-order valence-electron chi connectivity index (χ0n) is 17.3. The van der Waals surface area contributed by atoms with Gasteiger partial charge in [0.25, 0.3) is 0 Å². The van der Waals surface area contributed by atoms with Crippen molar-refractivity contribution in [3.63, 3.8) is 0 Å². The molecular weight excluding hydrogens is 426 g/mol. The molecule has 1 aromatic carbocycles. The third kappa shape index (κ3) is 8.57. The zero-order chi connectivity index (χ0) is 24.4. The van der Waals surface area contributed by atoms with Gasteiger partial charge in [0.1, 0.15) is 29.9 Å². The molecule has 0 saturated heterocycles. The lowest BCUT2D eigenvalue weighted by Gasteiger charge is -2.23. The summed E-state index contributed by atoms with van der Waals surface area (Å²) in [4.78, 5) is 59.5.